The fraction of sp³-hybridized carbons (Fsp3) is 0.350. The van der Waals surface area contributed by atoms with Gasteiger partial charge in [0.15, 0.2) is 6.10 Å². The van der Waals surface area contributed by atoms with E-state index in [0.717, 1.165) is 28.0 Å². The van der Waals surface area contributed by atoms with Crippen LogP contribution in [0.15, 0.2) is 30.3 Å². The lowest BCUT2D eigenvalue weighted by atomic mass is 10.2. The van der Waals surface area contributed by atoms with Crippen LogP contribution in [0.2, 0.25) is 0 Å². The van der Waals surface area contributed by atoms with E-state index in [1.54, 1.807) is 11.6 Å². The van der Waals surface area contributed by atoms with Crippen molar-refractivity contribution in [2.75, 3.05) is 5.32 Å². The topological polar surface area (TPSA) is 78.2 Å². The molecule has 0 fully saturated rings. The fourth-order valence-electron chi connectivity index (χ4n) is 3.15. The van der Waals surface area contributed by atoms with Crippen LogP contribution in [-0.4, -0.2) is 32.3 Å². The molecule has 3 aromatic rings. The van der Waals surface area contributed by atoms with Gasteiger partial charge in [0.2, 0.25) is 0 Å². The van der Waals surface area contributed by atoms with Gasteiger partial charge < -0.3 is 14.6 Å². The van der Waals surface area contributed by atoms with E-state index in [9.17, 15) is 9.59 Å². The summed E-state index contributed by atoms with van der Waals surface area (Å²) in [5, 5.41) is 8.13. The average Bonchev–Trinajstić information content (AvgIpc) is 3.05. The zero-order chi connectivity index (χ0) is 19.7. The highest BCUT2D eigenvalue weighted by molar-refractivity contribution is 5.96. The predicted octanol–water partition coefficient (Wildman–Crippen LogP) is 2.87. The number of para-hydroxylation sites is 1. The first-order chi connectivity index (χ1) is 12.8. The molecule has 0 saturated heterocycles. The maximum atomic E-state index is 12.4. The monoisotopic (exact) mass is 368 g/mol. The Balaban J connectivity index is 1.66. The first-order valence-electron chi connectivity index (χ1n) is 8.83. The summed E-state index contributed by atoms with van der Waals surface area (Å²) in [4.78, 5) is 24.8. The van der Waals surface area contributed by atoms with Crippen LogP contribution < -0.4 is 5.32 Å². The maximum Gasteiger partial charge on any atom is 0.326 e. The number of rotatable bonds is 5. The SMILES string of the molecule is Cc1nn(C)c(C)c1NC(=O)C(C)OC(=O)Cn1c(C)cc2ccccc21. The van der Waals surface area contributed by atoms with Crippen molar-refractivity contribution in [3.8, 4) is 0 Å². The van der Waals surface area contributed by atoms with Gasteiger partial charge in [-0.15, -0.1) is 0 Å². The number of amides is 1. The number of ether oxygens (including phenoxy) is 1. The molecule has 7 nitrogen and oxygen atoms in total. The minimum absolute atomic E-state index is 0.0575. The molecule has 1 unspecified atom stereocenters. The quantitative estimate of drug-likeness (QED) is 0.703. The molecule has 1 N–H and O–H groups in total. The van der Waals surface area contributed by atoms with E-state index in [0.29, 0.717) is 5.69 Å². The zero-order valence-electron chi connectivity index (χ0n) is 16.2. The van der Waals surface area contributed by atoms with Crippen LogP contribution in [0.4, 0.5) is 5.69 Å². The van der Waals surface area contributed by atoms with Gasteiger partial charge in [-0.05, 0) is 45.2 Å². The van der Waals surface area contributed by atoms with E-state index in [2.05, 4.69) is 10.4 Å². The molecule has 0 radical (unpaired) electrons. The van der Waals surface area contributed by atoms with E-state index in [1.165, 1.54) is 0 Å². The van der Waals surface area contributed by atoms with Crippen molar-refractivity contribution >= 4 is 28.5 Å². The minimum atomic E-state index is -0.904. The summed E-state index contributed by atoms with van der Waals surface area (Å²) in [5.41, 5.74) is 4.14. The van der Waals surface area contributed by atoms with Crippen LogP contribution >= 0.6 is 0 Å². The number of carbonyl (C=O) groups excluding carboxylic acids is 2. The normalized spacial score (nSPS) is 12.2. The van der Waals surface area contributed by atoms with Crippen LogP contribution in [0.5, 0.6) is 0 Å². The number of benzene rings is 1. The van der Waals surface area contributed by atoms with Crippen LogP contribution in [0.25, 0.3) is 10.9 Å². The van der Waals surface area contributed by atoms with E-state index in [1.807, 2.05) is 62.7 Å². The van der Waals surface area contributed by atoms with Crippen molar-refractivity contribution in [1.29, 1.82) is 0 Å². The van der Waals surface area contributed by atoms with Gasteiger partial charge in [-0.1, -0.05) is 18.2 Å². The Hall–Kier alpha value is -3.09. The number of anilines is 1. The molecule has 1 aromatic carbocycles. The molecule has 0 saturated carbocycles. The summed E-state index contributed by atoms with van der Waals surface area (Å²) in [6, 6.07) is 9.86. The maximum absolute atomic E-state index is 12.4. The molecule has 1 atom stereocenters. The molecule has 0 bridgehead atoms. The number of aromatic nitrogens is 3. The number of nitrogens with zero attached hydrogens (tertiary/aromatic N) is 3. The molecule has 142 valence electrons. The van der Waals surface area contributed by atoms with Crippen molar-refractivity contribution in [1.82, 2.24) is 14.3 Å². The van der Waals surface area contributed by atoms with E-state index >= 15 is 0 Å². The smallest absolute Gasteiger partial charge is 0.326 e. The van der Waals surface area contributed by atoms with Gasteiger partial charge in [0, 0.05) is 18.3 Å². The third-order valence-electron chi connectivity index (χ3n) is 4.74. The van der Waals surface area contributed by atoms with Crippen LogP contribution in [0.3, 0.4) is 0 Å². The number of carbonyl (C=O) groups is 2. The standard InChI is InChI=1S/C20H24N4O3/c1-12-10-16-8-6-7-9-17(16)24(12)11-18(25)27-15(4)20(26)21-19-13(2)22-23(5)14(19)3/h6-10,15H,11H2,1-5H3,(H,21,26). The van der Waals surface area contributed by atoms with Gasteiger partial charge in [-0.3, -0.25) is 14.3 Å². The van der Waals surface area contributed by atoms with Gasteiger partial charge in [0.25, 0.3) is 5.91 Å². The second-order valence-electron chi connectivity index (χ2n) is 6.72. The van der Waals surface area contributed by atoms with Gasteiger partial charge in [-0.2, -0.15) is 5.10 Å². The summed E-state index contributed by atoms with van der Waals surface area (Å²) < 4.78 is 8.93. The number of nitrogens with one attached hydrogen (secondary N) is 1. The average molecular weight is 368 g/mol. The molecule has 2 aromatic heterocycles. The van der Waals surface area contributed by atoms with Gasteiger partial charge in [0.1, 0.15) is 6.54 Å². The van der Waals surface area contributed by atoms with Crippen molar-refractivity contribution in [3.63, 3.8) is 0 Å². The molecule has 1 amide bonds. The molecule has 0 spiro atoms. The molecule has 0 aliphatic rings. The Bertz CT molecular complexity index is 1020. The second-order valence-corrected chi connectivity index (χ2v) is 6.72. The molecule has 27 heavy (non-hydrogen) atoms. The molecule has 3 rings (SSSR count). The lowest BCUT2D eigenvalue weighted by molar-refractivity contribution is -0.153. The molecule has 0 aliphatic carbocycles. The van der Waals surface area contributed by atoms with Crippen molar-refractivity contribution in [2.45, 2.75) is 40.3 Å². The third kappa shape index (κ3) is 3.72. The highest BCUT2D eigenvalue weighted by Gasteiger charge is 2.21. The van der Waals surface area contributed by atoms with E-state index < -0.39 is 12.1 Å². The third-order valence-corrected chi connectivity index (χ3v) is 4.74. The lowest BCUT2D eigenvalue weighted by Gasteiger charge is -2.15. The summed E-state index contributed by atoms with van der Waals surface area (Å²) in [6.07, 6.45) is -0.904. The highest BCUT2D eigenvalue weighted by Crippen LogP contribution is 2.20. The molecule has 2 heterocycles. The zero-order valence-corrected chi connectivity index (χ0v) is 16.2. The first kappa shape index (κ1) is 18.7. The predicted molar refractivity (Wildman–Crippen MR) is 104 cm³/mol. The summed E-state index contributed by atoms with van der Waals surface area (Å²) in [7, 11) is 1.81. The number of esters is 1. The number of hydrogen-bond donors (Lipinski definition) is 1. The first-order valence-corrected chi connectivity index (χ1v) is 8.83. The van der Waals surface area contributed by atoms with Crippen molar-refractivity contribution in [2.24, 2.45) is 7.05 Å². The van der Waals surface area contributed by atoms with Crippen LogP contribution in [0.1, 0.15) is 24.0 Å². The minimum Gasteiger partial charge on any atom is -0.451 e. The summed E-state index contributed by atoms with van der Waals surface area (Å²) >= 11 is 0. The molecule has 7 heteroatoms. The van der Waals surface area contributed by atoms with Gasteiger partial charge in [0.05, 0.1) is 17.1 Å². The molecule has 0 aliphatic heterocycles. The largest absolute Gasteiger partial charge is 0.451 e. The Morgan fingerprint density at radius 1 is 1.22 bits per heavy atom. The molecular formula is C20H24N4O3. The fourth-order valence-corrected chi connectivity index (χ4v) is 3.15. The van der Waals surface area contributed by atoms with Crippen molar-refractivity contribution in [3.05, 3.63) is 47.4 Å². The van der Waals surface area contributed by atoms with Crippen LogP contribution in [-0.2, 0) is 27.9 Å². The highest BCUT2D eigenvalue weighted by atomic mass is 16.5. The Morgan fingerprint density at radius 2 is 1.93 bits per heavy atom. The Morgan fingerprint density at radius 3 is 2.59 bits per heavy atom. The second kappa shape index (κ2) is 7.26. The van der Waals surface area contributed by atoms with Gasteiger partial charge in [-0.25, -0.2) is 0 Å². The Labute approximate surface area is 157 Å². The summed E-state index contributed by atoms with van der Waals surface area (Å²) in [5.74, 6) is -0.835. The number of aryl methyl sites for hydroxylation is 3. The lowest BCUT2D eigenvalue weighted by Crippen LogP contribution is -2.31. The van der Waals surface area contributed by atoms with Gasteiger partial charge >= 0.3 is 5.97 Å². The number of fused-ring (bicyclic) bond motifs is 1. The van der Waals surface area contributed by atoms with Crippen molar-refractivity contribution < 1.29 is 14.3 Å². The summed E-state index contributed by atoms with van der Waals surface area (Å²) in [6.45, 7) is 7.25. The number of hydrogen-bond acceptors (Lipinski definition) is 4. The van der Waals surface area contributed by atoms with E-state index in [4.69, 9.17) is 4.74 Å². The Kier molecular flexibility index (Phi) is 5.03. The molecular weight excluding hydrogens is 344 g/mol. The van der Waals surface area contributed by atoms with Crippen LogP contribution in [0, 0.1) is 20.8 Å². The van der Waals surface area contributed by atoms with E-state index in [-0.39, 0.29) is 12.5 Å².